The van der Waals surface area contributed by atoms with Gasteiger partial charge < -0.3 is 4.90 Å². The van der Waals surface area contributed by atoms with Crippen LogP contribution in [-0.2, 0) is 14.6 Å². The minimum atomic E-state index is -2.90. The maximum atomic E-state index is 12.3. The Labute approximate surface area is 131 Å². The van der Waals surface area contributed by atoms with Crippen molar-refractivity contribution in [3.63, 3.8) is 0 Å². The van der Waals surface area contributed by atoms with Gasteiger partial charge in [0.1, 0.15) is 0 Å². The molecule has 0 spiro atoms. The molecular weight excluding hydrogens is 298 g/mol. The molecule has 0 bridgehead atoms. The molecule has 1 fully saturated rings. The van der Waals surface area contributed by atoms with Crippen LogP contribution in [0.3, 0.4) is 0 Å². The Bertz CT molecular complexity index is 679. The molecule has 2 heterocycles. The van der Waals surface area contributed by atoms with E-state index in [-0.39, 0.29) is 23.3 Å². The first-order valence-corrected chi connectivity index (χ1v) is 9.58. The molecule has 4 nitrogen and oxygen atoms in total. The molecule has 3 rings (SSSR count). The average Bonchev–Trinajstić information content (AvgIpc) is 2.87. The van der Waals surface area contributed by atoms with E-state index < -0.39 is 9.84 Å². The summed E-state index contributed by atoms with van der Waals surface area (Å²) in [6.45, 7) is 1.35. The molecular formula is C17H21NO3S. The Balaban J connectivity index is 1.57. The molecule has 0 aliphatic carbocycles. The zero-order valence-corrected chi connectivity index (χ0v) is 13.4. The molecule has 118 valence electrons. The smallest absolute Gasteiger partial charge is 0.223 e. The van der Waals surface area contributed by atoms with Gasteiger partial charge in [0, 0.05) is 19.5 Å². The second kappa shape index (κ2) is 6.24. The van der Waals surface area contributed by atoms with Crippen LogP contribution in [0.1, 0.15) is 24.8 Å². The molecule has 0 aromatic heterocycles. The lowest BCUT2D eigenvalue weighted by Gasteiger charge is -2.27. The van der Waals surface area contributed by atoms with Crippen molar-refractivity contribution in [3.05, 3.63) is 42.0 Å². The number of nitrogens with zero attached hydrogens (tertiary/aromatic N) is 1. The van der Waals surface area contributed by atoms with Gasteiger partial charge in [-0.15, -0.1) is 0 Å². The summed E-state index contributed by atoms with van der Waals surface area (Å²) in [7, 11) is -2.90. The van der Waals surface area contributed by atoms with Crippen molar-refractivity contribution >= 4 is 21.3 Å². The van der Waals surface area contributed by atoms with E-state index in [0.29, 0.717) is 19.4 Å². The summed E-state index contributed by atoms with van der Waals surface area (Å²) in [6.07, 6.45) is 3.97. The first-order valence-electron chi connectivity index (χ1n) is 7.76. The fourth-order valence-electron chi connectivity index (χ4n) is 3.22. The quantitative estimate of drug-likeness (QED) is 0.857. The Hall–Kier alpha value is -1.62. The SMILES string of the molecule is O=C(CC1CCS(=O)(=O)C1)N1CC=C(c2ccccc2)CC1. The Kier molecular flexibility index (Phi) is 4.34. The summed E-state index contributed by atoms with van der Waals surface area (Å²) in [6, 6.07) is 10.2. The third kappa shape index (κ3) is 3.58. The van der Waals surface area contributed by atoms with Gasteiger partial charge in [0.15, 0.2) is 9.84 Å². The van der Waals surface area contributed by atoms with Gasteiger partial charge in [0.25, 0.3) is 0 Å². The summed E-state index contributed by atoms with van der Waals surface area (Å²) < 4.78 is 22.9. The van der Waals surface area contributed by atoms with Gasteiger partial charge in [-0.2, -0.15) is 0 Å². The second-order valence-electron chi connectivity index (χ2n) is 6.16. The fraction of sp³-hybridized carbons (Fsp3) is 0.471. The maximum Gasteiger partial charge on any atom is 0.223 e. The van der Waals surface area contributed by atoms with Crippen molar-refractivity contribution in [3.8, 4) is 0 Å². The number of amides is 1. The lowest BCUT2D eigenvalue weighted by molar-refractivity contribution is -0.131. The number of carbonyl (C=O) groups excluding carboxylic acids is 1. The van der Waals surface area contributed by atoms with Gasteiger partial charge in [0.05, 0.1) is 11.5 Å². The zero-order chi connectivity index (χ0) is 15.6. The highest BCUT2D eigenvalue weighted by atomic mass is 32.2. The van der Waals surface area contributed by atoms with E-state index in [1.807, 2.05) is 23.1 Å². The normalized spacial score (nSPS) is 24.1. The zero-order valence-electron chi connectivity index (χ0n) is 12.6. The van der Waals surface area contributed by atoms with Crippen LogP contribution in [0.5, 0.6) is 0 Å². The highest BCUT2D eigenvalue weighted by Gasteiger charge is 2.31. The number of benzene rings is 1. The summed E-state index contributed by atoms with van der Waals surface area (Å²) in [5.41, 5.74) is 2.50. The first-order chi connectivity index (χ1) is 10.5. The lowest BCUT2D eigenvalue weighted by Crippen LogP contribution is -2.35. The summed E-state index contributed by atoms with van der Waals surface area (Å²) in [5, 5.41) is 0. The van der Waals surface area contributed by atoms with Gasteiger partial charge >= 0.3 is 0 Å². The minimum Gasteiger partial charge on any atom is -0.339 e. The second-order valence-corrected chi connectivity index (χ2v) is 8.39. The van der Waals surface area contributed by atoms with E-state index in [9.17, 15) is 13.2 Å². The molecule has 1 atom stereocenters. The van der Waals surface area contributed by atoms with Gasteiger partial charge in [-0.25, -0.2) is 8.42 Å². The minimum absolute atomic E-state index is 0.0111. The third-order valence-electron chi connectivity index (χ3n) is 4.50. The largest absolute Gasteiger partial charge is 0.339 e. The Morgan fingerprint density at radius 1 is 1.23 bits per heavy atom. The standard InChI is InChI=1S/C17H21NO3S/c19-17(12-14-8-11-22(20,21)13-14)18-9-6-16(7-10-18)15-4-2-1-3-5-15/h1-6,14H,7-13H2. The predicted molar refractivity (Wildman–Crippen MR) is 87.0 cm³/mol. The van der Waals surface area contributed by atoms with E-state index >= 15 is 0 Å². The van der Waals surface area contributed by atoms with Gasteiger partial charge in [-0.3, -0.25) is 4.79 Å². The molecule has 1 unspecified atom stereocenters. The molecule has 5 heteroatoms. The summed E-state index contributed by atoms with van der Waals surface area (Å²) in [5.74, 6) is 0.517. The van der Waals surface area contributed by atoms with Gasteiger partial charge in [-0.1, -0.05) is 36.4 Å². The van der Waals surface area contributed by atoms with Crippen molar-refractivity contribution in [2.45, 2.75) is 19.3 Å². The molecule has 0 N–H and O–H groups in total. The van der Waals surface area contributed by atoms with Crippen molar-refractivity contribution in [1.29, 1.82) is 0 Å². The molecule has 2 aliphatic heterocycles. The van der Waals surface area contributed by atoms with Crippen LogP contribution in [-0.4, -0.2) is 43.8 Å². The molecule has 2 aliphatic rings. The average molecular weight is 319 g/mol. The van der Waals surface area contributed by atoms with Crippen LogP contribution in [0.2, 0.25) is 0 Å². The molecule has 1 aromatic carbocycles. The molecule has 0 saturated carbocycles. The number of hydrogen-bond acceptors (Lipinski definition) is 3. The molecule has 1 amide bonds. The van der Waals surface area contributed by atoms with Crippen molar-refractivity contribution in [2.75, 3.05) is 24.6 Å². The summed E-state index contributed by atoms with van der Waals surface area (Å²) in [4.78, 5) is 14.2. The number of rotatable bonds is 3. The van der Waals surface area contributed by atoms with Crippen molar-refractivity contribution in [2.24, 2.45) is 5.92 Å². The van der Waals surface area contributed by atoms with Crippen molar-refractivity contribution in [1.82, 2.24) is 4.90 Å². The molecule has 1 aromatic rings. The van der Waals surface area contributed by atoms with Crippen LogP contribution in [0.15, 0.2) is 36.4 Å². The summed E-state index contributed by atoms with van der Waals surface area (Å²) >= 11 is 0. The van der Waals surface area contributed by atoms with Crippen LogP contribution >= 0.6 is 0 Å². The number of carbonyl (C=O) groups is 1. The van der Waals surface area contributed by atoms with E-state index in [4.69, 9.17) is 0 Å². The van der Waals surface area contributed by atoms with E-state index in [0.717, 1.165) is 13.0 Å². The Morgan fingerprint density at radius 2 is 2.00 bits per heavy atom. The predicted octanol–water partition coefficient (Wildman–Crippen LogP) is 2.13. The topological polar surface area (TPSA) is 54.5 Å². The number of hydrogen-bond donors (Lipinski definition) is 0. The Morgan fingerprint density at radius 3 is 2.59 bits per heavy atom. The molecule has 0 radical (unpaired) electrons. The highest BCUT2D eigenvalue weighted by molar-refractivity contribution is 7.91. The van der Waals surface area contributed by atoms with Gasteiger partial charge in [0.2, 0.25) is 5.91 Å². The number of sulfone groups is 1. The fourth-order valence-corrected chi connectivity index (χ4v) is 5.08. The monoisotopic (exact) mass is 319 g/mol. The van der Waals surface area contributed by atoms with Crippen LogP contribution in [0, 0.1) is 5.92 Å². The lowest BCUT2D eigenvalue weighted by atomic mass is 9.98. The van der Waals surface area contributed by atoms with Crippen molar-refractivity contribution < 1.29 is 13.2 Å². The highest BCUT2D eigenvalue weighted by Crippen LogP contribution is 2.25. The van der Waals surface area contributed by atoms with E-state index in [2.05, 4.69) is 18.2 Å². The van der Waals surface area contributed by atoms with E-state index in [1.165, 1.54) is 11.1 Å². The van der Waals surface area contributed by atoms with Crippen LogP contribution in [0.4, 0.5) is 0 Å². The molecule has 22 heavy (non-hydrogen) atoms. The van der Waals surface area contributed by atoms with Crippen LogP contribution < -0.4 is 0 Å². The first kappa shape index (κ1) is 15.3. The van der Waals surface area contributed by atoms with E-state index in [1.54, 1.807) is 0 Å². The van der Waals surface area contributed by atoms with Crippen LogP contribution in [0.25, 0.3) is 5.57 Å². The van der Waals surface area contributed by atoms with Gasteiger partial charge in [-0.05, 0) is 29.9 Å². The molecule has 1 saturated heterocycles. The third-order valence-corrected chi connectivity index (χ3v) is 6.33. The maximum absolute atomic E-state index is 12.3.